The molecule has 0 heterocycles. The number of non-ortho nitro benzene ring substituents is 1. The second kappa shape index (κ2) is 8.95. The number of hydrogen-bond donors (Lipinski definition) is 1. The lowest BCUT2D eigenvalue weighted by atomic mass is 10.0. The largest absolute Gasteiger partial charge is 0.497 e. The molecule has 0 saturated carbocycles. The van der Waals surface area contributed by atoms with Crippen molar-refractivity contribution in [2.24, 2.45) is 0 Å². The summed E-state index contributed by atoms with van der Waals surface area (Å²) >= 11 is 0. The van der Waals surface area contributed by atoms with Crippen LogP contribution in [0.3, 0.4) is 0 Å². The third-order valence-corrected chi connectivity index (χ3v) is 4.50. The van der Waals surface area contributed by atoms with Crippen LogP contribution in [0.5, 0.6) is 17.2 Å². The minimum absolute atomic E-state index is 0.0634. The van der Waals surface area contributed by atoms with Gasteiger partial charge in [-0.2, -0.15) is 0 Å². The molecule has 0 aliphatic carbocycles. The topological polar surface area (TPSA) is 99.9 Å². The van der Waals surface area contributed by atoms with Gasteiger partial charge in [-0.15, -0.1) is 0 Å². The number of ether oxygens (including phenoxy) is 3. The van der Waals surface area contributed by atoms with Gasteiger partial charge >= 0.3 is 0 Å². The molecule has 0 radical (unpaired) electrons. The predicted molar refractivity (Wildman–Crippen MR) is 113 cm³/mol. The molecule has 1 amide bonds. The number of anilines is 1. The van der Waals surface area contributed by atoms with E-state index < -0.39 is 10.8 Å². The second-order valence-electron chi connectivity index (χ2n) is 6.24. The number of nitrogens with zero attached hydrogens (tertiary/aromatic N) is 1. The number of benzene rings is 3. The third kappa shape index (κ3) is 4.33. The van der Waals surface area contributed by atoms with Crippen LogP contribution in [0.25, 0.3) is 11.1 Å². The molecular weight excluding hydrogens is 388 g/mol. The highest BCUT2D eigenvalue weighted by atomic mass is 16.6. The molecule has 0 spiro atoms. The Hall–Kier alpha value is -4.07. The fourth-order valence-corrected chi connectivity index (χ4v) is 2.97. The number of amides is 1. The van der Waals surface area contributed by atoms with Crippen molar-refractivity contribution in [2.75, 3.05) is 26.6 Å². The van der Waals surface area contributed by atoms with Crippen LogP contribution in [-0.4, -0.2) is 32.2 Å². The Balaban J connectivity index is 1.94. The normalized spacial score (nSPS) is 10.2. The van der Waals surface area contributed by atoms with E-state index in [2.05, 4.69) is 5.32 Å². The van der Waals surface area contributed by atoms with Crippen LogP contribution in [0.15, 0.2) is 60.7 Å². The van der Waals surface area contributed by atoms with Crippen LogP contribution in [0.2, 0.25) is 0 Å². The van der Waals surface area contributed by atoms with E-state index in [0.29, 0.717) is 11.4 Å². The van der Waals surface area contributed by atoms with E-state index in [1.807, 2.05) is 24.3 Å². The molecule has 0 fully saturated rings. The van der Waals surface area contributed by atoms with Gasteiger partial charge in [-0.3, -0.25) is 14.9 Å². The first-order chi connectivity index (χ1) is 14.5. The van der Waals surface area contributed by atoms with Crippen LogP contribution in [0.4, 0.5) is 11.4 Å². The maximum Gasteiger partial charge on any atom is 0.270 e. The summed E-state index contributed by atoms with van der Waals surface area (Å²) in [4.78, 5) is 23.3. The van der Waals surface area contributed by atoms with Crippen molar-refractivity contribution in [1.82, 2.24) is 0 Å². The first kappa shape index (κ1) is 20.7. The smallest absolute Gasteiger partial charge is 0.270 e. The van der Waals surface area contributed by atoms with Gasteiger partial charge in [0.05, 0.1) is 31.8 Å². The summed E-state index contributed by atoms with van der Waals surface area (Å²) in [5.74, 6) is 1.06. The molecule has 0 aliphatic heterocycles. The maximum atomic E-state index is 12.8. The number of methoxy groups -OCH3 is 3. The molecule has 30 heavy (non-hydrogen) atoms. The van der Waals surface area contributed by atoms with E-state index >= 15 is 0 Å². The average molecular weight is 408 g/mol. The molecule has 0 atom stereocenters. The van der Waals surface area contributed by atoms with Crippen LogP contribution >= 0.6 is 0 Å². The number of nitro benzene ring substituents is 1. The number of carbonyl (C=O) groups is 1. The molecule has 8 heteroatoms. The first-order valence-electron chi connectivity index (χ1n) is 8.93. The fraction of sp³-hybridized carbons (Fsp3) is 0.136. The monoisotopic (exact) mass is 408 g/mol. The number of nitro groups is 1. The van der Waals surface area contributed by atoms with Gasteiger partial charge in [-0.1, -0.05) is 12.1 Å². The van der Waals surface area contributed by atoms with Crippen molar-refractivity contribution in [3.63, 3.8) is 0 Å². The standard InChI is InChI=1S/C22H20N2O6/c1-28-17-8-4-14(5-9-17)18-12-15(6-10-20(18)29-2)23-22(25)19-13-16(24(26)27)7-11-21(19)30-3/h4-13H,1-3H3,(H,23,25). The van der Waals surface area contributed by atoms with Crippen molar-refractivity contribution in [3.8, 4) is 28.4 Å². The molecule has 0 bridgehead atoms. The van der Waals surface area contributed by atoms with E-state index in [0.717, 1.165) is 16.9 Å². The fourth-order valence-electron chi connectivity index (χ4n) is 2.97. The van der Waals surface area contributed by atoms with Crippen molar-refractivity contribution in [2.45, 2.75) is 0 Å². The number of rotatable bonds is 7. The van der Waals surface area contributed by atoms with Crippen molar-refractivity contribution in [1.29, 1.82) is 0 Å². The summed E-state index contributed by atoms with van der Waals surface area (Å²) in [7, 11) is 4.55. The van der Waals surface area contributed by atoms with E-state index in [1.54, 1.807) is 32.4 Å². The average Bonchev–Trinajstić information content (AvgIpc) is 2.78. The van der Waals surface area contributed by atoms with Crippen molar-refractivity contribution < 1.29 is 23.9 Å². The highest BCUT2D eigenvalue weighted by Crippen LogP contribution is 2.34. The van der Waals surface area contributed by atoms with Gasteiger partial charge < -0.3 is 19.5 Å². The third-order valence-electron chi connectivity index (χ3n) is 4.50. The van der Waals surface area contributed by atoms with Crippen LogP contribution < -0.4 is 19.5 Å². The van der Waals surface area contributed by atoms with Gasteiger partial charge in [0.15, 0.2) is 0 Å². The maximum absolute atomic E-state index is 12.8. The quantitative estimate of drug-likeness (QED) is 0.455. The van der Waals surface area contributed by atoms with Crippen LogP contribution in [-0.2, 0) is 0 Å². The highest BCUT2D eigenvalue weighted by Gasteiger charge is 2.18. The molecular formula is C22H20N2O6. The molecule has 1 N–H and O–H groups in total. The molecule has 0 saturated heterocycles. The zero-order chi connectivity index (χ0) is 21.7. The predicted octanol–water partition coefficient (Wildman–Crippen LogP) is 4.54. The summed E-state index contributed by atoms with van der Waals surface area (Å²) in [5.41, 5.74) is 2.00. The SMILES string of the molecule is COc1ccc(-c2cc(NC(=O)c3cc([N+](=O)[O-])ccc3OC)ccc2OC)cc1. The Morgan fingerprint density at radius 2 is 1.53 bits per heavy atom. The summed E-state index contributed by atoms with van der Waals surface area (Å²) in [6.45, 7) is 0. The Morgan fingerprint density at radius 1 is 0.867 bits per heavy atom. The lowest BCUT2D eigenvalue weighted by Crippen LogP contribution is -2.13. The Kier molecular flexibility index (Phi) is 6.17. The Morgan fingerprint density at radius 3 is 2.13 bits per heavy atom. The van der Waals surface area contributed by atoms with Gasteiger partial charge in [0, 0.05) is 23.4 Å². The molecule has 3 aromatic carbocycles. The minimum atomic E-state index is -0.564. The highest BCUT2D eigenvalue weighted by molar-refractivity contribution is 6.07. The summed E-state index contributed by atoms with van der Waals surface area (Å²) < 4.78 is 15.8. The molecule has 3 aromatic rings. The number of carbonyl (C=O) groups excluding carboxylic acids is 1. The number of nitrogens with one attached hydrogen (secondary N) is 1. The van der Waals surface area contributed by atoms with Gasteiger partial charge in [-0.25, -0.2) is 0 Å². The van der Waals surface area contributed by atoms with Crippen LogP contribution in [0.1, 0.15) is 10.4 Å². The summed E-state index contributed by atoms with van der Waals surface area (Å²) in [6.07, 6.45) is 0. The van der Waals surface area contributed by atoms with E-state index in [-0.39, 0.29) is 17.0 Å². The lowest BCUT2D eigenvalue weighted by molar-refractivity contribution is -0.384. The summed E-state index contributed by atoms with van der Waals surface area (Å²) in [5, 5.41) is 13.8. The molecule has 0 aromatic heterocycles. The van der Waals surface area contributed by atoms with Gasteiger partial charge in [0.2, 0.25) is 0 Å². The first-order valence-corrected chi connectivity index (χ1v) is 8.93. The van der Waals surface area contributed by atoms with Crippen molar-refractivity contribution >= 4 is 17.3 Å². The second-order valence-corrected chi connectivity index (χ2v) is 6.24. The molecule has 3 rings (SSSR count). The zero-order valence-electron chi connectivity index (χ0n) is 16.7. The van der Waals surface area contributed by atoms with E-state index in [4.69, 9.17) is 14.2 Å². The molecule has 8 nitrogen and oxygen atoms in total. The molecule has 154 valence electrons. The van der Waals surface area contributed by atoms with Crippen molar-refractivity contribution in [3.05, 3.63) is 76.3 Å². The lowest BCUT2D eigenvalue weighted by Gasteiger charge is -2.13. The van der Waals surface area contributed by atoms with Gasteiger partial charge in [0.25, 0.3) is 11.6 Å². The minimum Gasteiger partial charge on any atom is -0.497 e. The Labute approximate surface area is 173 Å². The van der Waals surface area contributed by atoms with Crippen LogP contribution in [0, 0.1) is 10.1 Å². The summed E-state index contributed by atoms with van der Waals surface area (Å²) in [6, 6.07) is 16.5. The van der Waals surface area contributed by atoms with E-state index in [9.17, 15) is 14.9 Å². The molecule has 0 unspecified atom stereocenters. The van der Waals surface area contributed by atoms with Gasteiger partial charge in [-0.05, 0) is 42.0 Å². The number of hydrogen-bond acceptors (Lipinski definition) is 6. The van der Waals surface area contributed by atoms with E-state index in [1.165, 1.54) is 25.3 Å². The van der Waals surface area contributed by atoms with Gasteiger partial charge in [0.1, 0.15) is 17.2 Å². The zero-order valence-corrected chi connectivity index (χ0v) is 16.7. The Bertz CT molecular complexity index is 1080. The molecule has 0 aliphatic rings.